The molecule has 144 valence electrons. The largest absolute Gasteiger partial charge is 0.473 e. The van der Waals surface area contributed by atoms with Gasteiger partial charge in [-0.1, -0.05) is 0 Å². The maximum Gasteiger partial charge on any atom is 0.253 e. The summed E-state index contributed by atoms with van der Waals surface area (Å²) in [4.78, 5) is 14.1. The van der Waals surface area contributed by atoms with Gasteiger partial charge in [0, 0.05) is 50.0 Å². The molecule has 2 aromatic heterocycles. The van der Waals surface area contributed by atoms with Crippen molar-refractivity contribution >= 4 is 5.91 Å². The maximum atomic E-state index is 13.3. The van der Waals surface area contributed by atoms with Gasteiger partial charge in [-0.2, -0.15) is 5.10 Å². The van der Waals surface area contributed by atoms with Gasteiger partial charge < -0.3 is 9.64 Å². The predicted molar refractivity (Wildman–Crippen MR) is 95.1 cm³/mol. The number of aromatic nitrogens is 4. The van der Waals surface area contributed by atoms with E-state index >= 15 is 0 Å². The van der Waals surface area contributed by atoms with Crippen LogP contribution in [-0.2, 0) is 0 Å². The van der Waals surface area contributed by atoms with E-state index in [0.717, 1.165) is 12.1 Å². The molecule has 4 rings (SSSR count). The van der Waals surface area contributed by atoms with Crippen molar-refractivity contribution in [3.05, 3.63) is 66.0 Å². The summed E-state index contributed by atoms with van der Waals surface area (Å²) in [7, 11) is 0. The topological polar surface area (TPSA) is 73.1 Å². The minimum Gasteiger partial charge on any atom is -0.473 e. The number of rotatable bonds is 4. The number of carbonyl (C=O) groups excluding carboxylic acids is 1. The number of amides is 1. The number of nitrogens with zero attached hydrogens (tertiary/aromatic N) is 5. The number of likely N-dealkylation sites (tertiary alicyclic amines) is 1. The van der Waals surface area contributed by atoms with Crippen molar-refractivity contribution in [3.8, 4) is 11.7 Å². The zero-order valence-corrected chi connectivity index (χ0v) is 14.8. The summed E-state index contributed by atoms with van der Waals surface area (Å²) >= 11 is 0. The first-order chi connectivity index (χ1) is 13.6. The van der Waals surface area contributed by atoms with Gasteiger partial charge in [-0.25, -0.2) is 13.5 Å². The number of hydrogen-bond donors (Lipinski definition) is 0. The van der Waals surface area contributed by atoms with Gasteiger partial charge in [0.25, 0.3) is 5.91 Å². The fourth-order valence-electron chi connectivity index (χ4n) is 3.06. The van der Waals surface area contributed by atoms with E-state index in [-0.39, 0.29) is 17.6 Å². The summed E-state index contributed by atoms with van der Waals surface area (Å²) in [5, 5.41) is 12.2. The van der Waals surface area contributed by atoms with Crippen molar-refractivity contribution in [3.63, 3.8) is 0 Å². The van der Waals surface area contributed by atoms with Gasteiger partial charge >= 0.3 is 0 Å². The summed E-state index contributed by atoms with van der Waals surface area (Å²) in [6, 6.07) is 8.46. The van der Waals surface area contributed by atoms with Crippen LogP contribution in [0.3, 0.4) is 0 Å². The Morgan fingerprint density at radius 3 is 2.54 bits per heavy atom. The van der Waals surface area contributed by atoms with Crippen LogP contribution in [-0.4, -0.2) is 50.0 Å². The monoisotopic (exact) mass is 385 g/mol. The molecule has 0 unspecified atom stereocenters. The molecule has 0 atom stereocenters. The van der Waals surface area contributed by atoms with E-state index in [2.05, 4.69) is 15.3 Å². The summed E-state index contributed by atoms with van der Waals surface area (Å²) in [6.45, 7) is 0.919. The minimum absolute atomic E-state index is 0.0983. The maximum absolute atomic E-state index is 13.3. The van der Waals surface area contributed by atoms with Crippen molar-refractivity contribution in [2.75, 3.05) is 13.1 Å². The zero-order chi connectivity index (χ0) is 19.5. The Hall–Kier alpha value is -3.36. The Bertz CT molecular complexity index is 955. The molecule has 0 N–H and O–H groups in total. The van der Waals surface area contributed by atoms with Crippen LogP contribution in [0.4, 0.5) is 8.78 Å². The highest BCUT2D eigenvalue weighted by molar-refractivity contribution is 5.94. The number of carbonyl (C=O) groups is 1. The fraction of sp³-hybridized carbons (Fsp3) is 0.263. The average molecular weight is 385 g/mol. The summed E-state index contributed by atoms with van der Waals surface area (Å²) in [5.41, 5.74) is 0.137. The van der Waals surface area contributed by atoms with Gasteiger partial charge in [0.2, 0.25) is 5.88 Å². The lowest BCUT2D eigenvalue weighted by Crippen LogP contribution is -2.41. The second kappa shape index (κ2) is 7.71. The summed E-state index contributed by atoms with van der Waals surface area (Å²) in [5.74, 6) is -1.32. The van der Waals surface area contributed by atoms with Crippen LogP contribution in [0.25, 0.3) is 5.82 Å². The molecule has 1 saturated heterocycles. The molecule has 1 fully saturated rings. The second-order valence-corrected chi connectivity index (χ2v) is 6.42. The molecule has 28 heavy (non-hydrogen) atoms. The molecular weight excluding hydrogens is 368 g/mol. The molecule has 1 aliphatic heterocycles. The summed E-state index contributed by atoms with van der Waals surface area (Å²) in [6.07, 6.45) is 4.54. The number of ether oxygens (including phenoxy) is 1. The Morgan fingerprint density at radius 1 is 1.07 bits per heavy atom. The van der Waals surface area contributed by atoms with Gasteiger partial charge in [-0.15, -0.1) is 10.2 Å². The van der Waals surface area contributed by atoms with Crippen molar-refractivity contribution in [1.29, 1.82) is 0 Å². The normalized spacial score (nSPS) is 14.9. The highest BCUT2D eigenvalue weighted by Gasteiger charge is 2.25. The van der Waals surface area contributed by atoms with E-state index in [9.17, 15) is 13.6 Å². The third kappa shape index (κ3) is 3.83. The van der Waals surface area contributed by atoms with E-state index < -0.39 is 11.6 Å². The molecule has 1 aromatic carbocycles. The van der Waals surface area contributed by atoms with Crippen molar-refractivity contribution < 1.29 is 18.3 Å². The molecule has 7 nitrogen and oxygen atoms in total. The summed E-state index contributed by atoms with van der Waals surface area (Å²) < 4.78 is 33.8. The Kier molecular flexibility index (Phi) is 4.96. The SMILES string of the molecule is O=C(c1ccc(F)c(F)c1)N1CCC(Oc2ccc(-n3cccn3)nn2)CC1. The highest BCUT2D eigenvalue weighted by Crippen LogP contribution is 2.19. The molecule has 0 bridgehead atoms. The molecule has 3 aromatic rings. The van der Waals surface area contributed by atoms with Crippen LogP contribution in [0, 0.1) is 11.6 Å². The quantitative estimate of drug-likeness (QED) is 0.690. The molecule has 0 spiro atoms. The number of benzene rings is 1. The van der Waals surface area contributed by atoms with Crippen LogP contribution in [0.1, 0.15) is 23.2 Å². The van der Waals surface area contributed by atoms with Gasteiger partial charge in [0.05, 0.1) is 0 Å². The van der Waals surface area contributed by atoms with E-state index in [1.807, 2.05) is 0 Å². The lowest BCUT2D eigenvalue weighted by atomic mass is 10.1. The standard InChI is InChI=1S/C19H17F2N5O2/c20-15-3-2-13(12-16(15)21)19(27)25-10-6-14(7-11-25)28-18-5-4-17(23-24-18)26-9-1-8-22-26/h1-5,8-9,12,14H,6-7,10-11H2. The predicted octanol–water partition coefficient (Wildman–Crippen LogP) is 2.62. The number of piperidine rings is 1. The van der Waals surface area contributed by atoms with Crippen LogP contribution in [0.15, 0.2) is 48.8 Å². The van der Waals surface area contributed by atoms with Gasteiger partial charge in [0.15, 0.2) is 17.5 Å². The molecule has 0 aliphatic carbocycles. The average Bonchev–Trinajstić information content (AvgIpc) is 3.26. The lowest BCUT2D eigenvalue weighted by molar-refractivity contribution is 0.0585. The molecule has 3 heterocycles. The molecule has 1 aliphatic rings. The van der Waals surface area contributed by atoms with Crippen molar-refractivity contribution in [2.45, 2.75) is 18.9 Å². The van der Waals surface area contributed by atoms with Crippen molar-refractivity contribution in [2.24, 2.45) is 0 Å². The van der Waals surface area contributed by atoms with Crippen LogP contribution in [0.2, 0.25) is 0 Å². The Morgan fingerprint density at radius 2 is 1.89 bits per heavy atom. The molecule has 0 radical (unpaired) electrons. The first-order valence-electron chi connectivity index (χ1n) is 8.85. The number of hydrogen-bond acceptors (Lipinski definition) is 5. The highest BCUT2D eigenvalue weighted by atomic mass is 19.2. The molecule has 1 amide bonds. The van der Waals surface area contributed by atoms with Crippen LogP contribution >= 0.6 is 0 Å². The van der Waals surface area contributed by atoms with Crippen LogP contribution < -0.4 is 4.74 Å². The van der Waals surface area contributed by atoms with Gasteiger partial charge in [0.1, 0.15) is 6.10 Å². The third-order valence-electron chi connectivity index (χ3n) is 4.55. The molecule has 9 heteroatoms. The smallest absolute Gasteiger partial charge is 0.253 e. The number of halogens is 2. The van der Waals surface area contributed by atoms with Crippen LogP contribution in [0.5, 0.6) is 5.88 Å². The van der Waals surface area contributed by atoms with Crippen molar-refractivity contribution in [1.82, 2.24) is 24.9 Å². The Labute approximate surface area is 159 Å². The second-order valence-electron chi connectivity index (χ2n) is 6.42. The molecule has 0 saturated carbocycles. The van der Waals surface area contributed by atoms with E-state index in [1.165, 1.54) is 6.07 Å². The first kappa shape index (κ1) is 18.0. The van der Waals surface area contributed by atoms with E-state index in [1.54, 1.807) is 40.2 Å². The Balaban J connectivity index is 1.32. The third-order valence-corrected chi connectivity index (χ3v) is 4.55. The fourth-order valence-corrected chi connectivity index (χ4v) is 3.06. The van der Waals surface area contributed by atoms with E-state index in [0.29, 0.717) is 37.6 Å². The minimum atomic E-state index is -1.03. The first-order valence-corrected chi connectivity index (χ1v) is 8.85. The van der Waals surface area contributed by atoms with E-state index in [4.69, 9.17) is 4.74 Å². The van der Waals surface area contributed by atoms with Gasteiger partial charge in [-0.3, -0.25) is 4.79 Å². The zero-order valence-electron chi connectivity index (χ0n) is 14.8. The lowest BCUT2D eigenvalue weighted by Gasteiger charge is -2.32. The van der Waals surface area contributed by atoms with Gasteiger partial charge in [-0.05, 0) is 30.3 Å². The molecular formula is C19H17F2N5O2.